The zero-order valence-electron chi connectivity index (χ0n) is 12.0. The van der Waals surface area contributed by atoms with Crippen LogP contribution in [0.3, 0.4) is 0 Å². The van der Waals surface area contributed by atoms with Crippen molar-refractivity contribution in [3.63, 3.8) is 0 Å². The number of rotatable bonds is 14. The summed E-state index contributed by atoms with van der Waals surface area (Å²) in [6, 6.07) is 0. The quantitative estimate of drug-likeness (QED) is 0.286. The summed E-state index contributed by atoms with van der Waals surface area (Å²) in [4.78, 5) is 20.4. The van der Waals surface area contributed by atoms with Crippen molar-refractivity contribution < 1.29 is 14.7 Å². The Balaban J connectivity index is 3.08. The molecular weight excluding hydrogens is 240 g/mol. The standard InChI is InChI=1S/C16H28O3/c17-15-13-11-9-7-5-3-1-2-4-6-8-10-12-14-16(18)19/h1,3,15H,2,4-14H2,(H,18,19). The number of carboxylic acids is 1. The first kappa shape index (κ1) is 17.9. The molecule has 0 aliphatic rings. The zero-order valence-corrected chi connectivity index (χ0v) is 12.0. The first-order valence-electron chi connectivity index (χ1n) is 7.58. The van der Waals surface area contributed by atoms with E-state index < -0.39 is 5.97 Å². The average Bonchev–Trinajstić information content (AvgIpc) is 2.39. The van der Waals surface area contributed by atoms with Crippen molar-refractivity contribution in [3.8, 4) is 0 Å². The Bertz CT molecular complexity index is 246. The van der Waals surface area contributed by atoms with E-state index in [4.69, 9.17) is 5.11 Å². The summed E-state index contributed by atoms with van der Waals surface area (Å²) in [5.74, 6) is -0.684. The Hall–Kier alpha value is -1.12. The molecule has 0 aromatic rings. The van der Waals surface area contributed by atoms with Crippen LogP contribution in [-0.2, 0) is 9.59 Å². The highest BCUT2D eigenvalue weighted by Crippen LogP contribution is 2.08. The van der Waals surface area contributed by atoms with Gasteiger partial charge in [0.25, 0.3) is 0 Å². The lowest BCUT2D eigenvalue weighted by Gasteiger charge is -1.98. The summed E-state index contributed by atoms with van der Waals surface area (Å²) in [7, 11) is 0. The van der Waals surface area contributed by atoms with Crippen molar-refractivity contribution in [2.75, 3.05) is 0 Å². The second-order valence-electron chi connectivity index (χ2n) is 4.98. The number of carboxylic acid groups (broad SMARTS) is 1. The topological polar surface area (TPSA) is 54.4 Å². The highest BCUT2D eigenvalue weighted by Gasteiger charge is 1.95. The largest absolute Gasteiger partial charge is 0.481 e. The minimum atomic E-state index is -0.684. The van der Waals surface area contributed by atoms with Crippen LogP contribution in [0, 0.1) is 0 Å². The van der Waals surface area contributed by atoms with Crippen LogP contribution >= 0.6 is 0 Å². The number of hydrogen-bond donors (Lipinski definition) is 1. The number of unbranched alkanes of at least 4 members (excludes halogenated alkanes) is 9. The molecule has 110 valence electrons. The molecule has 3 nitrogen and oxygen atoms in total. The van der Waals surface area contributed by atoms with Crippen molar-refractivity contribution in [1.82, 2.24) is 0 Å². The number of carbonyl (C=O) groups excluding carboxylic acids is 1. The van der Waals surface area contributed by atoms with Gasteiger partial charge < -0.3 is 9.90 Å². The molecule has 0 saturated heterocycles. The lowest BCUT2D eigenvalue weighted by Crippen LogP contribution is -1.93. The minimum Gasteiger partial charge on any atom is -0.481 e. The maximum Gasteiger partial charge on any atom is 0.303 e. The SMILES string of the molecule is O=CCCCCCC=CCCCCCCCC(=O)O. The Morgan fingerprint density at radius 2 is 1.21 bits per heavy atom. The van der Waals surface area contributed by atoms with Gasteiger partial charge in [-0.15, -0.1) is 0 Å². The highest BCUT2D eigenvalue weighted by atomic mass is 16.4. The van der Waals surface area contributed by atoms with Crippen LogP contribution in [0.1, 0.15) is 77.0 Å². The van der Waals surface area contributed by atoms with Gasteiger partial charge in [0.2, 0.25) is 0 Å². The molecule has 0 saturated carbocycles. The Morgan fingerprint density at radius 1 is 0.737 bits per heavy atom. The molecule has 0 unspecified atom stereocenters. The maximum absolute atomic E-state index is 10.3. The van der Waals surface area contributed by atoms with Crippen LogP contribution < -0.4 is 0 Å². The van der Waals surface area contributed by atoms with Gasteiger partial charge in [-0.05, 0) is 38.5 Å². The summed E-state index contributed by atoms with van der Waals surface area (Å²) in [6.45, 7) is 0. The smallest absolute Gasteiger partial charge is 0.303 e. The van der Waals surface area contributed by atoms with Crippen LogP contribution in [0.25, 0.3) is 0 Å². The van der Waals surface area contributed by atoms with Gasteiger partial charge in [-0.3, -0.25) is 4.79 Å². The monoisotopic (exact) mass is 268 g/mol. The predicted octanol–water partition coefficient (Wildman–Crippen LogP) is 4.51. The van der Waals surface area contributed by atoms with Gasteiger partial charge in [-0.1, -0.05) is 37.8 Å². The van der Waals surface area contributed by atoms with Crippen molar-refractivity contribution in [3.05, 3.63) is 12.2 Å². The molecule has 0 spiro atoms. The van der Waals surface area contributed by atoms with E-state index in [0.29, 0.717) is 12.8 Å². The highest BCUT2D eigenvalue weighted by molar-refractivity contribution is 5.66. The first-order valence-corrected chi connectivity index (χ1v) is 7.58. The Morgan fingerprint density at radius 3 is 1.79 bits per heavy atom. The van der Waals surface area contributed by atoms with Crippen LogP contribution in [0.15, 0.2) is 12.2 Å². The summed E-state index contributed by atoms with van der Waals surface area (Å²) in [5.41, 5.74) is 0. The summed E-state index contributed by atoms with van der Waals surface area (Å²) in [5, 5.41) is 8.48. The molecule has 0 fully saturated rings. The van der Waals surface area contributed by atoms with Gasteiger partial charge in [0.1, 0.15) is 6.29 Å². The number of carbonyl (C=O) groups is 2. The maximum atomic E-state index is 10.3. The van der Waals surface area contributed by atoms with E-state index in [1.165, 1.54) is 19.3 Å². The summed E-state index contributed by atoms with van der Waals surface area (Å²) in [6.07, 6.45) is 17.5. The van der Waals surface area contributed by atoms with E-state index in [9.17, 15) is 9.59 Å². The third-order valence-electron chi connectivity index (χ3n) is 3.12. The van der Waals surface area contributed by atoms with Crippen molar-refractivity contribution in [1.29, 1.82) is 0 Å². The second-order valence-corrected chi connectivity index (χ2v) is 4.98. The summed E-state index contributed by atoms with van der Waals surface area (Å²) < 4.78 is 0. The van der Waals surface area contributed by atoms with Gasteiger partial charge in [0, 0.05) is 12.8 Å². The van der Waals surface area contributed by atoms with Gasteiger partial charge in [0.15, 0.2) is 0 Å². The minimum absolute atomic E-state index is 0.310. The average molecular weight is 268 g/mol. The number of hydrogen-bond acceptors (Lipinski definition) is 2. The molecule has 0 amide bonds. The molecule has 0 bridgehead atoms. The number of allylic oxidation sites excluding steroid dienone is 2. The number of aliphatic carboxylic acids is 1. The van der Waals surface area contributed by atoms with E-state index in [2.05, 4.69) is 12.2 Å². The third-order valence-corrected chi connectivity index (χ3v) is 3.12. The van der Waals surface area contributed by atoms with E-state index in [1.54, 1.807) is 0 Å². The zero-order chi connectivity index (χ0) is 14.2. The molecule has 0 aliphatic heterocycles. The van der Waals surface area contributed by atoms with E-state index in [1.807, 2.05) is 0 Å². The molecule has 3 heteroatoms. The van der Waals surface area contributed by atoms with E-state index in [0.717, 1.165) is 51.2 Å². The molecule has 1 N–H and O–H groups in total. The summed E-state index contributed by atoms with van der Waals surface area (Å²) >= 11 is 0. The van der Waals surface area contributed by atoms with Gasteiger partial charge in [0.05, 0.1) is 0 Å². The molecule has 0 radical (unpaired) electrons. The second kappa shape index (κ2) is 14.9. The normalized spacial score (nSPS) is 10.9. The molecule has 0 aliphatic carbocycles. The third kappa shape index (κ3) is 16.9. The Labute approximate surface area is 117 Å². The van der Waals surface area contributed by atoms with Crippen LogP contribution in [0.2, 0.25) is 0 Å². The lowest BCUT2D eigenvalue weighted by molar-refractivity contribution is -0.137. The van der Waals surface area contributed by atoms with Crippen LogP contribution in [-0.4, -0.2) is 17.4 Å². The van der Waals surface area contributed by atoms with Crippen LogP contribution in [0.5, 0.6) is 0 Å². The van der Waals surface area contributed by atoms with Gasteiger partial charge >= 0.3 is 5.97 Å². The van der Waals surface area contributed by atoms with Crippen molar-refractivity contribution in [2.45, 2.75) is 77.0 Å². The van der Waals surface area contributed by atoms with Crippen LogP contribution in [0.4, 0.5) is 0 Å². The number of aldehydes is 1. The molecular formula is C16H28O3. The Kier molecular flexibility index (Phi) is 14.1. The molecule has 0 rings (SSSR count). The van der Waals surface area contributed by atoms with Gasteiger partial charge in [-0.25, -0.2) is 0 Å². The molecule has 0 aromatic heterocycles. The molecule has 0 heterocycles. The van der Waals surface area contributed by atoms with Crippen molar-refractivity contribution in [2.24, 2.45) is 0 Å². The fourth-order valence-electron chi connectivity index (χ4n) is 1.97. The fraction of sp³-hybridized carbons (Fsp3) is 0.750. The van der Waals surface area contributed by atoms with Gasteiger partial charge in [-0.2, -0.15) is 0 Å². The molecule has 0 atom stereocenters. The molecule has 19 heavy (non-hydrogen) atoms. The van der Waals surface area contributed by atoms with Crippen molar-refractivity contribution >= 4 is 12.3 Å². The lowest BCUT2D eigenvalue weighted by atomic mass is 10.1. The van der Waals surface area contributed by atoms with E-state index in [-0.39, 0.29) is 0 Å². The first-order chi connectivity index (χ1) is 9.27. The molecule has 0 aromatic carbocycles. The predicted molar refractivity (Wildman–Crippen MR) is 78.2 cm³/mol. The fourth-order valence-corrected chi connectivity index (χ4v) is 1.97. The van der Waals surface area contributed by atoms with E-state index >= 15 is 0 Å².